The molecule has 0 spiro atoms. The van der Waals surface area contributed by atoms with Gasteiger partial charge in [-0.2, -0.15) is 4.98 Å². The fourth-order valence-corrected chi connectivity index (χ4v) is 1.84. The summed E-state index contributed by atoms with van der Waals surface area (Å²) in [7, 11) is 3.67. The number of halogens is 1. The summed E-state index contributed by atoms with van der Waals surface area (Å²) in [5.41, 5.74) is 2.07. The van der Waals surface area contributed by atoms with E-state index in [9.17, 15) is 0 Å². The average Bonchev–Trinajstić information content (AvgIpc) is 2.31. The van der Waals surface area contributed by atoms with E-state index in [0.29, 0.717) is 5.88 Å². The van der Waals surface area contributed by atoms with Gasteiger partial charge >= 0.3 is 0 Å². The second kappa shape index (κ2) is 6.01. The van der Waals surface area contributed by atoms with E-state index in [0.717, 1.165) is 30.8 Å². The molecule has 0 radical (unpaired) electrons. The first-order valence-electron chi connectivity index (χ1n) is 5.48. The summed E-state index contributed by atoms with van der Waals surface area (Å²) < 4.78 is 5.18. The second-order valence-electron chi connectivity index (χ2n) is 3.41. The van der Waals surface area contributed by atoms with Crippen LogP contribution in [0.25, 0.3) is 0 Å². The molecule has 4 nitrogen and oxygen atoms in total. The molecule has 1 aliphatic heterocycles. The highest BCUT2D eigenvalue weighted by atomic mass is 35.5. The van der Waals surface area contributed by atoms with Crippen LogP contribution in [0.5, 0.6) is 5.88 Å². The lowest BCUT2D eigenvalue weighted by Gasteiger charge is -2.24. The van der Waals surface area contributed by atoms with Crippen LogP contribution in [0.1, 0.15) is 25.1 Å². The maximum atomic E-state index is 5.78. The van der Waals surface area contributed by atoms with Crippen LogP contribution >= 0.6 is 11.6 Å². The number of hydrogen-bond acceptors (Lipinski definition) is 4. The van der Waals surface area contributed by atoms with E-state index in [4.69, 9.17) is 16.3 Å². The van der Waals surface area contributed by atoms with Crippen LogP contribution in [0.4, 0.5) is 0 Å². The number of likely N-dealkylation sites (N-methyl/N-ethyl adjacent to an activating group) is 1. The van der Waals surface area contributed by atoms with Gasteiger partial charge in [-0.25, -0.2) is 4.98 Å². The molecular weight excluding hydrogens is 226 g/mol. The topological polar surface area (TPSA) is 38.3 Å². The molecule has 16 heavy (non-hydrogen) atoms. The van der Waals surface area contributed by atoms with E-state index in [2.05, 4.69) is 21.9 Å². The van der Waals surface area contributed by atoms with Crippen LogP contribution in [-0.2, 0) is 13.0 Å². The van der Waals surface area contributed by atoms with E-state index in [-0.39, 0.29) is 5.28 Å². The fourth-order valence-electron chi connectivity index (χ4n) is 1.66. The van der Waals surface area contributed by atoms with Crippen LogP contribution < -0.4 is 4.74 Å². The molecule has 0 aliphatic carbocycles. The van der Waals surface area contributed by atoms with Crippen molar-refractivity contribution in [2.75, 3.05) is 20.7 Å². The minimum Gasteiger partial charge on any atom is -0.481 e. The summed E-state index contributed by atoms with van der Waals surface area (Å²) in [5.74, 6) is 0.603. The van der Waals surface area contributed by atoms with Gasteiger partial charge in [0.1, 0.15) is 0 Å². The van der Waals surface area contributed by atoms with E-state index >= 15 is 0 Å². The lowest BCUT2D eigenvalue weighted by atomic mass is 10.1. The molecule has 1 aromatic heterocycles. The predicted molar refractivity (Wildman–Crippen MR) is 65.0 cm³/mol. The highest BCUT2D eigenvalue weighted by Gasteiger charge is 2.20. The molecule has 0 amide bonds. The van der Waals surface area contributed by atoms with Crippen LogP contribution in [0.2, 0.25) is 5.28 Å². The highest BCUT2D eigenvalue weighted by Crippen LogP contribution is 2.25. The van der Waals surface area contributed by atoms with Crippen LogP contribution in [0, 0.1) is 0 Å². The lowest BCUT2D eigenvalue weighted by Crippen LogP contribution is -2.28. The summed E-state index contributed by atoms with van der Waals surface area (Å²) >= 11 is 5.78. The minimum atomic E-state index is 0.269. The Morgan fingerprint density at radius 1 is 1.31 bits per heavy atom. The van der Waals surface area contributed by atoms with Crippen molar-refractivity contribution in [1.29, 1.82) is 0 Å². The van der Waals surface area contributed by atoms with Gasteiger partial charge in [0.05, 0.1) is 12.8 Å². The quantitative estimate of drug-likeness (QED) is 0.709. The number of nitrogens with zero attached hydrogens (tertiary/aromatic N) is 3. The number of ether oxygens (including phenoxy) is 1. The van der Waals surface area contributed by atoms with Gasteiger partial charge in [-0.1, -0.05) is 13.8 Å². The molecule has 2 heterocycles. The van der Waals surface area contributed by atoms with Gasteiger partial charge in [0, 0.05) is 25.1 Å². The number of methoxy groups -OCH3 is 1. The van der Waals surface area contributed by atoms with Gasteiger partial charge in [0.2, 0.25) is 11.2 Å². The molecular formula is C11H18ClN3O. The molecule has 0 bridgehead atoms. The number of rotatable bonds is 1. The first-order valence-corrected chi connectivity index (χ1v) is 5.86. The highest BCUT2D eigenvalue weighted by molar-refractivity contribution is 6.28. The summed E-state index contributed by atoms with van der Waals surface area (Å²) in [4.78, 5) is 10.5. The van der Waals surface area contributed by atoms with Crippen LogP contribution in [-0.4, -0.2) is 35.6 Å². The van der Waals surface area contributed by atoms with Gasteiger partial charge in [0.25, 0.3) is 0 Å². The Kier molecular flexibility index (Phi) is 4.96. The SMILES string of the molecule is CC.COc1nc(Cl)nc2c1CN(C)CC2. The number of fused-ring (bicyclic) bond motifs is 1. The maximum absolute atomic E-state index is 5.78. The number of hydrogen-bond donors (Lipinski definition) is 0. The largest absolute Gasteiger partial charge is 0.481 e. The zero-order chi connectivity index (χ0) is 12.1. The van der Waals surface area contributed by atoms with Crippen molar-refractivity contribution in [3.05, 3.63) is 16.5 Å². The molecule has 5 heteroatoms. The van der Waals surface area contributed by atoms with Crippen molar-refractivity contribution in [3.63, 3.8) is 0 Å². The monoisotopic (exact) mass is 243 g/mol. The third-order valence-corrected chi connectivity index (χ3v) is 2.55. The smallest absolute Gasteiger partial charge is 0.225 e. The van der Waals surface area contributed by atoms with E-state index in [1.54, 1.807) is 7.11 Å². The normalized spacial score (nSPS) is 14.8. The Bertz CT molecular complexity index is 340. The first kappa shape index (κ1) is 13.2. The summed E-state index contributed by atoms with van der Waals surface area (Å²) in [6.45, 7) is 5.83. The zero-order valence-electron chi connectivity index (χ0n) is 10.2. The molecule has 2 rings (SSSR count). The van der Waals surface area contributed by atoms with Crippen molar-refractivity contribution in [1.82, 2.24) is 14.9 Å². The molecule has 0 saturated heterocycles. The molecule has 1 aromatic rings. The number of aromatic nitrogens is 2. The fraction of sp³-hybridized carbons (Fsp3) is 0.636. The van der Waals surface area contributed by atoms with E-state index in [1.165, 1.54) is 0 Å². The molecule has 0 N–H and O–H groups in total. The second-order valence-corrected chi connectivity index (χ2v) is 3.75. The van der Waals surface area contributed by atoms with Crippen molar-refractivity contribution < 1.29 is 4.74 Å². The summed E-state index contributed by atoms with van der Waals surface area (Å²) in [5, 5.41) is 0.269. The van der Waals surface area contributed by atoms with Gasteiger partial charge in [-0.3, -0.25) is 0 Å². The van der Waals surface area contributed by atoms with Crippen LogP contribution in [0.3, 0.4) is 0 Å². The molecule has 0 fully saturated rings. The molecule has 90 valence electrons. The summed E-state index contributed by atoms with van der Waals surface area (Å²) in [6.07, 6.45) is 0.907. The zero-order valence-corrected chi connectivity index (χ0v) is 11.0. The van der Waals surface area contributed by atoms with Crippen molar-refractivity contribution >= 4 is 11.6 Å². The predicted octanol–water partition coefficient (Wildman–Crippen LogP) is 2.15. The van der Waals surface area contributed by atoms with Gasteiger partial charge in [-0.05, 0) is 18.6 Å². The van der Waals surface area contributed by atoms with Crippen molar-refractivity contribution in [2.24, 2.45) is 0 Å². The molecule has 0 unspecified atom stereocenters. The van der Waals surface area contributed by atoms with Gasteiger partial charge < -0.3 is 9.64 Å². The van der Waals surface area contributed by atoms with E-state index in [1.807, 2.05) is 13.8 Å². The third-order valence-electron chi connectivity index (χ3n) is 2.38. The molecule has 1 aliphatic rings. The Morgan fingerprint density at radius 3 is 2.62 bits per heavy atom. The minimum absolute atomic E-state index is 0.269. The lowest BCUT2D eigenvalue weighted by molar-refractivity contribution is 0.294. The van der Waals surface area contributed by atoms with E-state index < -0.39 is 0 Å². The Labute approximate surface area is 102 Å². The Morgan fingerprint density at radius 2 is 2.00 bits per heavy atom. The molecule has 0 saturated carbocycles. The van der Waals surface area contributed by atoms with Gasteiger partial charge in [-0.15, -0.1) is 0 Å². The molecule has 0 atom stereocenters. The standard InChI is InChI=1S/C9H12ClN3O.C2H6/c1-13-4-3-7-6(5-13)8(14-2)12-9(10)11-7;1-2/h3-5H2,1-2H3;1-2H3. The Balaban J connectivity index is 0.000000606. The summed E-state index contributed by atoms with van der Waals surface area (Å²) in [6, 6.07) is 0. The maximum Gasteiger partial charge on any atom is 0.225 e. The first-order chi connectivity index (χ1) is 7.70. The molecule has 0 aromatic carbocycles. The van der Waals surface area contributed by atoms with Gasteiger partial charge in [0.15, 0.2) is 0 Å². The Hall–Kier alpha value is -0.870. The van der Waals surface area contributed by atoms with Crippen LogP contribution in [0.15, 0.2) is 0 Å². The average molecular weight is 244 g/mol. The van der Waals surface area contributed by atoms with Crippen molar-refractivity contribution in [2.45, 2.75) is 26.8 Å². The third kappa shape index (κ3) is 2.83. The van der Waals surface area contributed by atoms with Crippen molar-refractivity contribution in [3.8, 4) is 5.88 Å².